The van der Waals surface area contributed by atoms with E-state index in [-0.39, 0.29) is 30.6 Å². The Labute approximate surface area is 361 Å². The van der Waals surface area contributed by atoms with Crippen LogP contribution in [0.25, 0.3) is 0 Å². The van der Waals surface area contributed by atoms with Gasteiger partial charge in [-0.1, -0.05) is 77.3 Å². The summed E-state index contributed by atoms with van der Waals surface area (Å²) in [6.07, 6.45) is 5.46. The smallest absolute Gasteiger partial charge is 0.326 e. The van der Waals surface area contributed by atoms with Crippen molar-refractivity contribution in [2.45, 2.75) is 123 Å². The number of nitrogens with one attached hydrogen (secondary N) is 8. The zero-order chi connectivity index (χ0) is 46.5. The van der Waals surface area contributed by atoms with Gasteiger partial charge in [0.15, 0.2) is 0 Å². The quantitative estimate of drug-likeness (QED) is 0.0552. The van der Waals surface area contributed by atoms with E-state index in [1.54, 1.807) is 44.2 Å². The summed E-state index contributed by atoms with van der Waals surface area (Å²) in [5.74, 6) is -8.74. The largest absolute Gasteiger partial charge is 0.480 e. The summed E-state index contributed by atoms with van der Waals surface area (Å²) in [6, 6.07) is 1.54. The molecule has 2 rings (SSSR count). The number of aliphatic carboxylic acids is 1. The average molecular weight is 870 g/mol. The molecule has 0 aliphatic heterocycles. The van der Waals surface area contributed by atoms with Crippen LogP contribution < -0.4 is 48.3 Å². The van der Waals surface area contributed by atoms with Gasteiger partial charge < -0.3 is 53.4 Å². The molecule has 1 aliphatic carbocycles. The Kier molecular flexibility index (Phi) is 21.8. The first kappa shape index (κ1) is 51.8. The number of carbonyl (C=O) groups excluding carboxylic acids is 9. The molecule has 62 heavy (non-hydrogen) atoms. The van der Waals surface area contributed by atoms with Crippen LogP contribution in [-0.2, 0) is 54.4 Å². The van der Waals surface area contributed by atoms with E-state index in [0.717, 1.165) is 31.4 Å². The van der Waals surface area contributed by atoms with E-state index in [2.05, 4.69) is 42.5 Å². The highest BCUT2D eigenvalue weighted by molar-refractivity contribution is 6.01. The van der Waals surface area contributed by atoms with Crippen LogP contribution in [0.5, 0.6) is 0 Å². The van der Waals surface area contributed by atoms with Gasteiger partial charge in [-0.05, 0) is 49.5 Å². The number of amides is 9. The topological polar surface area (TPSA) is 313 Å². The van der Waals surface area contributed by atoms with Crippen molar-refractivity contribution in [3.05, 3.63) is 48.0 Å². The van der Waals surface area contributed by atoms with E-state index in [4.69, 9.17) is 5.73 Å². The minimum atomic E-state index is -1.43. The number of rotatable bonds is 24. The van der Waals surface area contributed by atoms with Crippen molar-refractivity contribution in [2.24, 2.45) is 23.5 Å². The molecular weight excluding hydrogens is 807 g/mol. The molecule has 0 heterocycles. The van der Waals surface area contributed by atoms with Crippen molar-refractivity contribution in [1.29, 1.82) is 0 Å². The SMILES string of the molecule is CC(=O)NC[C@H](NC(=O)/C=C/C(=O)N[C@@H](C)C(=O)NCC(=O)N[C@@H](Cc1ccccc1)C(=O)O)C(=O)N[C@H](C(=O)N[C@@H](CC(C)C)C(=O)N[C@H](C(N)=O)C(C)C)C1CCCCC1. The van der Waals surface area contributed by atoms with Crippen LogP contribution in [0.15, 0.2) is 42.5 Å². The third-order valence-electron chi connectivity index (χ3n) is 9.98. The molecule has 342 valence electrons. The minimum Gasteiger partial charge on any atom is -0.480 e. The van der Waals surface area contributed by atoms with Gasteiger partial charge in [-0.15, -0.1) is 0 Å². The van der Waals surface area contributed by atoms with E-state index < -0.39 is 108 Å². The molecule has 20 heteroatoms. The molecular formula is C42H63N9O11. The molecule has 0 unspecified atom stereocenters. The maximum Gasteiger partial charge on any atom is 0.326 e. The lowest BCUT2D eigenvalue weighted by molar-refractivity contribution is -0.141. The number of nitrogens with two attached hydrogens (primary N) is 1. The van der Waals surface area contributed by atoms with Crippen molar-refractivity contribution in [3.63, 3.8) is 0 Å². The summed E-state index contributed by atoms with van der Waals surface area (Å²) in [5, 5.41) is 29.4. The molecule has 0 aromatic heterocycles. The summed E-state index contributed by atoms with van der Waals surface area (Å²) in [7, 11) is 0. The predicted octanol–water partition coefficient (Wildman–Crippen LogP) is -1.18. The number of carboxylic acid groups (broad SMARTS) is 1. The Bertz CT molecular complexity index is 1780. The van der Waals surface area contributed by atoms with Gasteiger partial charge in [0.1, 0.15) is 36.3 Å². The maximum atomic E-state index is 14.0. The molecule has 1 aromatic carbocycles. The van der Waals surface area contributed by atoms with Crippen LogP contribution in [0, 0.1) is 17.8 Å². The fourth-order valence-electron chi connectivity index (χ4n) is 6.67. The summed E-state index contributed by atoms with van der Waals surface area (Å²) < 4.78 is 0. The van der Waals surface area contributed by atoms with E-state index >= 15 is 0 Å². The van der Waals surface area contributed by atoms with Gasteiger partial charge >= 0.3 is 5.97 Å². The summed E-state index contributed by atoms with van der Waals surface area (Å²) in [5.41, 5.74) is 6.18. The van der Waals surface area contributed by atoms with Crippen molar-refractivity contribution in [3.8, 4) is 0 Å². The van der Waals surface area contributed by atoms with Gasteiger partial charge in [-0.25, -0.2) is 4.79 Å². The number of hydrogen-bond acceptors (Lipinski definition) is 10. The highest BCUT2D eigenvalue weighted by atomic mass is 16.4. The Hall–Kier alpha value is -6.34. The number of carbonyl (C=O) groups is 10. The van der Waals surface area contributed by atoms with Gasteiger partial charge in [-0.3, -0.25) is 43.2 Å². The molecule has 11 N–H and O–H groups in total. The van der Waals surface area contributed by atoms with Gasteiger partial charge in [0.25, 0.3) is 0 Å². The minimum absolute atomic E-state index is 0.0140. The highest BCUT2D eigenvalue weighted by Gasteiger charge is 2.36. The molecule has 1 aromatic rings. The third-order valence-corrected chi connectivity index (χ3v) is 9.98. The second kappa shape index (κ2) is 26.1. The molecule has 0 radical (unpaired) electrons. The Morgan fingerprint density at radius 2 is 1.29 bits per heavy atom. The standard InChI is InChI=1S/C42H63N9O11/c1-23(2)19-29(39(58)50-35(24(3)4)37(43)56)49-41(60)36(28-15-11-8-12-16-28)51-40(59)31(21-44-26(6)52)48-33(54)18-17-32(53)46-25(5)38(57)45-22-34(55)47-30(42(61)62)20-27-13-9-7-10-14-27/h7,9-10,13-14,17-18,23-25,28-31,35-36H,8,11-12,15-16,19-22H2,1-6H3,(H2,43,56)(H,44,52)(H,45,57)(H,46,53)(H,47,55)(H,48,54)(H,49,60)(H,50,58)(H,51,59)(H,61,62)/b18-17+/t25-,29-,30-,31-,35-,36-/m0/s1. The fraction of sp³-hybridized carbons (Fsp3) is 0.571. The number of primary amides is 1. The molecule has 1 fully saturated rings. The molecule has 1 aliphatic rings. The first-order chi connectivity index (χ1) is 29.2. The summed E-state index contributed by atoms with van der Waals surface area (Å²) in [6.45, 7) is 8.66. The summed E-state index contributed by atoms with van der Waals surface area (Å²) in [4.78, 5) is 127. The van der Waals surface area contributed by atoms with Gasteiger partial charge in [-0.2, -0.15) is 0 Å². The molecule has 0 spiro atoms. The lowest BCUT2D eigenvalue weighted by Crippen LogP contribution is -2.61. The second-order valence-corrected chi connectivity index (χ2v) is 16.1. The summed E-state index contributed by atoms with van der Waals surface area (Å²) >= 11 is 0. The Morgan fingerprint density at radius 3 is 1.84 bits per heavy atom. The van der Waals surface area contributed by atoms with Crippen LogP contribution >= 0.6 is 0 Å². The molecule has 1 saturated carbocycles. The highest BCUT2D eigenvalue weighted by Crippen LogP contribution is 2.27. The van der Waals surface area contributed by atoms with E-state index in [1.165, 1.54) is 13.8 Å². The molecule has 9 amide bonds. The van der Waals surface area contributed by atoms with Crippen molar-refractivity contribution < 1.29 is 53.1 Å². The van der Waals surface area contributed by atoms with Gasteiger partial charge in [0.2, 0.25) is 53.2 Å². The molecule has 0 bridgehead atoms. The Morgan fingerprint density at radius 1 is 0.694 bits per heavy atom. The number of carboxylic acids is 1. The zero-order valence-electron chi connectivity index (χ0n) is 36.2. The Balaban J connectivity index is 2.10. The van der Waals surface area contributed by atoms with Gasteiger partial charge in [0.05, 0.1) is 6.54 Å². The van der Waals surface area contributed by atoms with Crippen LogP contribution in [0.1, 0.15) is 85.6 Å². The predicted molar refractivity (Wildman–Crippen MR) is 226 cm³/mol. The molecule has 6 atom stereocenters. The van der Waals surface area contributed by atoms with Crippen molar-refractivity contribution in [2.75, 3.05) is 13.1 Å². The first-order valence-electron chi connectivity index (χ1n) is 20.8. The second-order valence-electron chi connectivity index (χ2n) is 16.1. The van der Waals surface area contributed by atoms with E-state index in [1.807, 2.05) is 13.8 Å². The number of benzene rings is 1. The maximum absolute atomic E-state index is 14.0. The van der Waals surface area contributed by atoms with Crippen molar-refractivity contribution in [1.82, 2.24) is 42.5 Å². The van der Waals surface area contributed by atoms with E-state index in [0.29, 0.717) is 18.4 Å². The van der Waals surface area contributed by atoms with Crippen LogP contribution in [0.4, 0.5) is 0 Å². The van der Waals surface area contributed by atoms with Gasteiger partial charge in [0, 0.05) is 32.0 Å². The van der Waals surface area contributed by atoms with Crippen molar-refractivity contribution >= 4 is 59.1 Å². The molecule has 0 saturated heterocycles. The average Bonchev–Trinajstić information content (AvgIpc) is 3.21. The lowest BCUT2D eigenvalue weighted by Gasteiger charge is -2.33. The normalized spacial score (nSPS) is 15.7. The third kappa shape index (κ3) is 18.9. The number of hydrogen-bond donors (Lipinski definition) is 10. The van der Waals surface area contributed by atoms with Crippen LogP contribution in [0.2, 0.25) is 0 Å². The monoisotopic (exact) mass is 869 g/mol. The van der Waals surface area contributed by atoms with Crippen LogP contribution in [-0.4, -0.2) is 114 Å². The molecule has 20 nitrogen and oxygen atoms in total. The van der Waals surface area contributed by atoms with E-state index in [9.17, 15) is 53.1 Å². The zero-order valence-corrected chi connectivity index (χ0v) is 36.2. The van der Waals surface area contributed by atoms with Crippen LogP contribution in [0.3, 0.4) is 0 Å². The first-order valence-corrected chi connectivity index (χ1v) is 20.8. The fourth-order valence-corrected chi connectivity index (χ4v) is 6.67. The lowest BCUT2D eigenvalue weighted by atomic mass is 9.83.